The molecule has 0 saturated carbocycles. The van der Waals surface area contributed by atoms with Crippen molar-refractivity contribution in [3.05, 3.63) is 0 Å². The number of hydrogen-bond acceptors (Lipinski definition) is 3. The second-order valence-corrected chi connectivity index (χ2v) is 5.66. The number of amides is 1. The van der Waals surface area contributed by atoms with E-state index >= 15 is 0 Å². The molecule has 2 atom stereocenters. The minimum Gasteiger partial charge on any atom is -0.381 e. The average Bonchev–Trinajstić information content (AvgIpc) is 2.62. The van der Waals surface area contributed by atoms with E-state index in [-0.39, 0.29) is 12.1 Å². The van der Waals surface area contributed by atoms with E-state index in [1.54, 1.807) is 0 Å². The fourth-order valence-corrected chi connectivity index (χ4v) is 2.71. The van der Waals surface area contributed by atoms with E-state index in [2.05, 4.69) is 19.2 Å². The summed E-state index contributed by atoms with van der Waals surface area (Å²) < 4.78 is 5.49. The van der Waals surface area contributed by atoms with Gasteiger partial charge in [-0.05, 0) is 25.2 Å². The molecule has 2 aliphatic heterocycles. The van der Waals surface area contributed by atoms with Crippen LogP contribution in [0.5, 0.6) is 0 Å². The van der Waals surface area contributed by atoms with Crippen molar-refractivity contribution in [3.63, 3.8) is 0 Å². The van der Waals surface area contributed by atoms with Gasteiger partial charge in [0.2, 0.25) is 5.91 Å². The Morgan fingerprint density at radius 2 is 2.35 bits per heavy atom. The summed E-state index contributed by atoms with van der Waals surface area (Å²) in [5.74, 6) is 1.40. The monoisotopic (exact) mass is 240 g/mol. The van der Waals surface area contributed by atoms with Crippen molar-refractivity contribution < 1.29 is 9.53 Å². The second-order valence-electron chi connectivity index (χ2n) is 5.66. The Bertz CT molecular complexity index is 262. The van der Waals surface area contributed by atoms with Crippen LogP contribution in [0.3, 0.4) is 0 Å². The quantitative estimate of drug-likeness (QED) is 0.803. The summed E-state index contributed by atoms with van der Waals surface area (Å²) in [5, 5.41) is 3.31. The van der Waals surface area contributed by atoms with Gasteiger partial charge in [0.1, 0.15) is 0 Å². The highest BCUT2D eigenvalue weighted by molar-refractivity contribution is 5.80. The number of rotatable bonds is 4. The van der Waals surface area contributed by atoms with Crippen molar-refractivity contribution in [3.8, 4) is 0 Å². The number of nitrogens with one attached hydrogen (secondary N) is 1. The molecule has 2 unspecified atom stereocenters. The molecular formula is C13H24N2O2. The van der Waals surface area contributed by atoms with Gasteiger partial charge in [-0.2, -0.15) is 0 Å². The van der Waals surface area contributed by atoms with Crippen molar-refractivity contribution in [2.75, 3.05) is 26.3 Å². The molecule has 1 amide bonds. The first-order chi connectivity index (χ1) is 8.16. The SMILES string of the molecule is CC(C)CC1NCC(=O)N1CC1CCCOC1. The van der Waals surface area contributed by atoms with E-state index in [0.29, 0.717) is 18.4 Å². The van der Waals surface area contributed by atoms with Crippen LogP contribution in [-0.2, 0) is 9.53 Å². The van der Waals surface area contributed by atoms with Crippen LogP contribution in [0.1, 0.15) is 33.1 Å². The number of hydrogen-bond donors (Lipinski definition) is 1. The van der Waals surface area contributed by atoms with E-state index < -0.39 is 0 Å². The highest BCUT2D eigenvalue weighted by Gasteiger charge is 2.32. The Labute approximate surface area is 104 Å². The maximum Gasteiger partial charge on any atom is 0.237 e. The van der Waals surface area contributed by atoms with E-state index in [1.165, 1.54) is 6.42 Å². The number of carbonyl (C=O) groups is 1. The standard InChI is InChI=1S/C13H24N2O2/c1-10(2)6-12-14-7-13(16)15(12)8-11-4-3-5-17-9-11/h10-12,14H,3-9H2,1-2H3. The van der Waals surface area contributed by atoms with Gasteiger partial charge in [0, 0.05) is 19.1 Å². The van der Waals surface area contributed by atoms with Crippen LogP contribution < -0.4 is 5.32 Å². The maximum absolute atomic E-state index is 11.9. The molecule has 0 spiro atoms. The molecule has 1 N–H and O–H groups in total. The molecule has 17 heavy (non-hydrogen) atoms. The molecule has 0 radical (unpaired) electrons. The van der Waals surface area contributed by atoms with Crippen LogP contribution in [-0.4, -0.2) is 43.3 Å². The molecule has 2 heterocycles. The molecule has 0 aromatic rings. The molecule has 2 rings (SSSR count). The number of nitrogens with zero attached hydrogens (tertiary/aromatic N) is 1. The summed E-state index contributed by atoms with van der Waals surface area (Å²) in [6.45, 7) is 7.48. The van der Waals surface area contributed by atoms with Gasteiger partial charge in [0.25, 0.3) is 0 Å². The highest BCUT2D eigenvalue weighted by atomic mass is 16.5. The minimum absolute atomic E-state index is 0.240. The van der Waals surface area contributed by atoms with E-state index in [9.17, 15) is 4.79 Å². The normalized spacial score (nSPS) is 30.3. The lowest BCUT2D eigenvalue weighted by molar-refractivity contribution is -0.129. The molecule has 0 aromatic heterocycles. The Hall–Kier alpha value is -0.610. The topological polar surface area (TPSA) is 41.6 Å². The van der Waals surface area contributed by atoms with Crippen molar-refractivity contribution in [2.24, 2.45) is 11.8 Å². The Morgan fingerprint density at radius 1 is 1.53 bits per heavy atom. The summed E-state index contributed by atoms with van der Waals surface area (Å²) in [4.78, 5) is 13.9. The number of carbonyl (C=O) groups excluding carboxylic acids is 1. The molecular weight excluding hydrogens is 216 g/mol. The highest BCUT2D eigenvalue weighted by Crippen LogP contribution is 2.20. The van der Waals surface area contributed by atoms with E-state index in [4.69, 9.17) is 4.74 Å². The van der Waals surface area contributed by atoms with Gasteiger partial charge in [0.15, 0.2) is 0 Å². The van der Waals surface area contributed by atoms with Crippen LogP contribution in [0, 0.1) is 11.8 Å². The zero-order valence-corrected chi connectivity index (χ0v) is 10.9. The molecule has 0 aliphatic carbocycles. The van der Waals surface area contributed by atoms with Crippen LogP contribution in [0.15, 0.2) is 0 Å². The molecule has 4 nitrogen and oxygen atoms in total. The molecule has 98 valence electrons. The van der Waals surface area contributed by atoms with Crippen LogP contribution in [0.2, 0.25) is 0 Å². The third-order valence-corrected chi connectivity index (χ3v) is 3.59. The van der Waals surface area contributed by atoms with Crippen molar-refractivity contribution >= 4 is 5.91 Å². The smallest absolute Gasteiger partial charge is 0.237 e. The predicted molar refractivity (Wildman–Crippen MR) is 66.5 cm³/mol. The Kier molecular flexibility index (Phi) is 4.40. The maximum atomic E-state index is 11.9. The summed E-state index contributed by atoms with van der Waals surface area (Å²) in [6, 6.07) is 0. The van der Waals surface area contributed by atoms with Gasteiger partial charge in [-0.1, -0.05) is 13.8 Å². The summed E-state index contributed by atoms with van der Waals surface area (Å²) >= 11 is 0. The van der Waals surface area contributed by atoms with Crippen molar-refractivity contribution in [1.29, 1.82) is 0 Å². The summed E-state index contributed by atoms with van der Waals surface area (Å²) in [7, 11) is 0. The van der Waals surface area contributed by atoms with Crippen molar-refractivity contribution in [1.82, 2.24) is 10.2 Å². The Balaban J connectivity index is 1.88. The molecule has 0 aromatic carbocycles. The third-order valence-electron chi connectivity index (χ3n) is 3.59. The lowest BCUT2D eigenvalue weighted by atomic mass is 10.0. The summed E-state index contributed by atoms with van der Waals surface area (Å²) in [5.41, 5.74) is 0. The van der Waals surface area contributed by atoms with Crippen LogP contribution >= 0.6 is 0 Å². The van der Waals surface area contributed by atoms with Crippen LogP contribution in [0.4, 0.5) is 0 Å². The summed E-state index contributed by atoms with van der Waals surface area (Å²) in [6.07, 6.45) is 3.61. The van der Waals surface area contributed by atoms with E-state index in [1.807, 2.05) is 4.90 Å². The zero-order chi connectivity index (χ0) is 12.3. The van der Waals surface area contributed by atoms with Crippen LogP contribution in [0.25, 0.3) is 0 Å². The van der Waals surface area contributed by atoms with Gasteiger partial charge in [-0.3, -0.25) is 10.1 Å². The zero-order valence-electron chi connectivity index (χ0n) is 10.9. The minimum atomic E-state index is 0.240. The molecule has 0 bridgehead atoms. The largest absolute Gasteiger partial charge is 0.381 e. The van der Waals surface area contributed by atoms with Crippen molar-refractivity contribution in [2.45, 2.75) is 39.3 Å². The van der Waals surface area contributed by atoms with Gasteiger partial charge in [0.05, 0.1) is 19.3 Å². The first kappa shape index (κ1) is 12.8. The third kappa shape index (κ3) is 3.42. The number of ether oxygens (including phenoxy) is 1. The van der Waals surface area contributed by atoms with Gasteiger partial charge >= 0.3 is 0 Å². The second kappa shape index (κ2) is 5.83. The van der Waals surface area contributed by atoms with Gasteiger partial charge < -0.3 is 9.64 Å². The molecule has 2 fully saturated rings. The first-order valence-corrected chi connectivity index (χ1v) is 6.77. The lowest BCUT2D eigenvalue weighted by Gasteiger charge is -2.31. The average molecular weight is 240 g/mol. The van der Waals surface area contributed by atoms with Gasteiger partial charge in [-0.15, -0.1) is 0 Å². The van der Waals surface area contributed by atoms with E-state index in [0.717, 1.165) is 32.6 Å². The van der Waals surface area contributed by atoms with Gasteiger partial charge in [-0.25, -0.2) is 0 Å². The Morgan fingerprint density at radius 3 is 3.00 bits per heavy atom. The predicted octanol–water partition coefficient (Wildman–Crippen LogP) is 1.22. The first-order valence-electron chi connectivity index (χ1n) is 6.77. The molecule has 4 heteroatoms. The fourth-order valence-electron chi connectivity index (χ4n) is 2.71. The molecule has 2 aliphatic rings. The lowest BCUT2D eigenvalue weighted by Crippen LogP contribution is -2.42. The fraction of sp³-hybridized carbons (Fsp3) is 0.923. The molecule has 2 saturated heterocycles.